The van der Waals surface area contributed by atoms with Crippen molar-refractivity contribution in [2.24, 2.45) is 11.7 Å². The molecular weight excluding hydrogens is 288 g/mol. The van der Waals surface area contributed by atoms with E-state index in [0.29, 0.717) is 18.0 Å². The van der Waals surface area contributed by atoms with E-state index in [4.69, 9.17) is 5.73 Å². The van der Waals surface area contributed by atoms with Crippen LogP contribution in [0, 0.1) is 5.92 Å². The second kappa shape index (κ2) is 7.77. The highest BCUT2D eigenvalue weighted by molar-refractivity contribution is 5.94. The van der Waals surface area contributed by atoms with Crippen LogP contribution in [0.4, 0.5) is 5.82 Å². The van der Waals surface area contributed by atoms with Crippen molar-refractivity contribution in [3.63, 3.8) is 0 Å². The molecule has 2 aliphatic rings. The molecule has 1 saturated heterocycles. The second-order valence-electron chi connectivity index (χ2n) is 6.81. The number of pyridine rings is 1. The summed E-state index contributed by atoms with van der Waals surface area (Å²) >= 11 is 0. The molecule has 1 aromatic heterocycles. The van der Waals surface area contributed by atoms with Crippen molar-refractivity contribution in [2.75, 3.05) is 24.5 Å². The molecule has 0 aromatic carbocycles. The molecule has 0 bridgehead atoms. The third kappa shape index (κ3) is 4.02. The molecule has 2 heterocycles. The molecule has 2 fully saturated rings. The first-order valence-corrected chi connectivity index (χ1v) is 9.00. The Bertz CT molecular complexity index is 508. The van der Waals surface area contributed by atoms with Crippen LogP contribution in [-0.2, 0) is 0 Å². The Hall–Kier alpha value is -1.62. The number of nitrogens with one attached hydrogen (secondary N) is 1. The topological polar surface area (TPSA) is 71.2 Å². The average Bonchev–Trinajstić information content (AvgIpc) is 2.85. The first-order chi connectivity index (χ1) is 11.3. The SMILES string of the molecule is NCC1CCCC1NC(=O)c1ccc(N2CCCCCC2)nc1. The van der Waals surface area contributed by atoms with E-state index in [-0.39, 0.29) is 11.9 Å². The Kier molecular flexibility index (Phi) is 5.49. The molecule has 5 nitrogen and oxygen atoms in total. The maximum atomic E-state index is 12.4. The Balaban J connectivity index is 1.61. The van der Waals surface area contributed by atoms with Crippen molar-refractivity contribution in [3.05, 3.63) is 23.9 Å². The number of nitrogens with zero attached hydrogens (tertiary/aromatic N) is 2. The van der Waals surface area contributed by atoms with Crippen LogP contribution in [0.5, 0.6) is 0 Å². The molecule has 1 saturated carbocycles. The maximum absolute atomic E-state index is 12.4. The van der Waals surface area contributed by atoms with Crippen LogP contribution < -0.4 is 16.0 Å². The summed E-state index contributed by atoms with van der Waals surface area (Å²) in [4.78, 5) is 19.2. The molecule has 1 aliphatic carbocycles. The minimum Gasteiger partial charge on any atom is -0.357 e. The van der Waals surface area contributed by atoms with Crippen LogP contribution in [0.15, 0.2) is 18.3 Å². The van der Waals surface area contributed by atoms with Gasteiger partial charge in [0.1, 0.15) is 5.82 Å². The number of nitrogens with two attached hydrogens (primary N) is 1. The lowest BCUT2D eigenvalue weighted by molar-refractivity contribution is 0.0928. The Morgan fingerprint density at radius 3 is 2.61 bits per heavy atom. The van der Waals surface area contributed by atoms with E-state index in [9.17, 15) is 4.79 Å². The second-order valence-corrected chi connectivity index (χ2v) is 6.81. The fraction of sp³-hybridized carbons (Fsp3) is 0.667. The fourth-order valence-corrected chi connectivity index (χ4v) is 3.77. The number of carbonyl (C=O) groups excluding carboxylic acids is 1. The van der Waals surface area contributed by atoms with Crippen LogP contribution in [0.1, 0.15) is 55.3 Å². The normalized spacial score (nSPS) is 25.2. The molecule has 0 radical (unpaired) electrons. The van der Waals surface area contributed by atoms with Gasteiger partial charge in [0.05, 0.1) is 5.56 Å². The van der Waals surface area contributed by atoms with E-state index in [1.165, 1.54) is 25.7 Å². The Morgan fingerprint density at radius 2 is 1.96 bits per heavy atom. The summed E-state index contributed by atoms with van der Waals surface area (Å²) < 4.78 is 0. The lowest BCUT2D eigenvalue weighted by Gasteiger charge is -2.22. The molecule has 126 valence electrons. The minimum atomic E-state index is -0.0229. The van der Waals surface area contributed by atoms with Crippen LogP contribution in [0.3, 0.4) is 0 Å². The molecule has 5 heteroatoms. The van der Waals surface area contributed by atoms with E-state index >= 15 is 0 Å². The van der Waals surface area contributed by atoms with Crippen molar-refractivity contribution in [3.8, 4) is 0 Å². The van der Waals surface area contributed by atoms with Gasteiger partial charge in [-0.3, -0.25) is 4.79 Å². The number of carbonyl (C=O) groups is 1. The predicted molar refractivity (Wildman–Crippen MR) is 92.6 cm³/mol. The van der Waals surface area contributed by atoms with Gasteiger partial charge in [-0.1, -0.05) is 19.3 Å². The van der Waals surface area contributed by atoms with E-state index < -0.39 is 0 Å². The quantitative estimate of drug-likeness (QED) is 0.894. The maximum Gasteiger partial charge on any atom is 0.253 e. The molecular formula is C18H28N4O. The van der Waals surface area contributed by atoms with E-state index in [1.807, 2.05) is 12.1 Å². The van der Waals surface area contributed by atoms with Gasteiger partial charge in [-0.25, -0.2) is 4.98 Å². The van der Waals surface area contributed by atoms with Crippen molar-refractivity contribution in [2.45, 2.75) is 51.0 Å². The molecule has 23 heavy (non-hydrogen) atoms. The zero-order valence-electron chi connectivity index (χ0n) is 13.8. The molecule has 3 rings (SSSR count). The Morgan fingerprint density at radius 1 is 1.17 bits per heavy atom. The molecule has 2 unspecified atom stereocenters. The molecule has 1 amide bonds. The van der Waals surface area contributed by atoms with Gasteiger partial charge < -0.3 is 16.0 Å². The number of hydrogen-bond donors (Lipinski definition) is 2. The summed E-state index contributed by atoms with van der Waals surface area (Å²) in [5.74, 6) is 1.39. The summed E-state index contributed by atoms with van der Waals surface area (Å²) in [5, 5.41) is 3.13. The highest BCUT2D eigenvalue weighted by atomic mass is 16.1. The highest BCUT2D eigenvalue weighted by Gasteiger charge is 2.27. The highest BCUT2D eigenvalue weighted by Crippen LogP contribution is 2.25. The Labute approximate surface area is 138 Å². The third-order valence-corrected chi connectivity index (χ3v) is 5.22. The first kappa shape index (κ1) is 16.2. The zero-order valence-corrected chi connectivity index (χ0v) is 13.8. The van der Waals surface area contributed by atoms with Gasteiger partial charge in [-0.05, 0) is 50.3 Å². The summed E-state index contributed by atoms with van der Waals surface area (Å²) in [7, 11) is 0. The summed E-state index contributed by atoms with van der Waals surface area (Å²) in [5.41, 5.74) is 6.43. The first-order valence-electron chi connectivity index (χ1n) is 9.00. The number of aromatic nitrogens is 1. The molecule has 3 N–H and O–H groups in total. The van der Waals surface area contributed by atoms with Gasteiger partial charge in [0.15, 0.2) is 0 Å². The molecule has 2 atom stereocenters. The lowest BCUT2D eigenvalue weighted by Crippen LogP contribution is -2.39. The molecule has 1 aromatic rings. The largest absolute Gasteiger partial charge is 0.357 e. The van der Waals surface area contributed by atoms with Crippen molar-refractivity contribution in [1.82, 2.24) is 10.3 Å². The fourth-order valence-electron chi connectivity index (χ4n) is 3.77. The summed E-state index contributed by atoms with van der Waals surface area (Å²) in [6.45, 7) is 2.79. The number of amides is 1. The monoisotopic (exact) mass is 316 g/mol. The van der Waals surface area contributed by atoms with E-state index in [1.54, 1.807) is 6.20 Å². The van der Waals surface area contributed by atoms with Crippen LogP contribution in [-0.4, -0.2) is 36.6 Å². The van der Waals surface area contributed by atoms with Crippen LogP contribution in [0.25, 0.3) is 0 Å². The van der Waals surface area contributed by atoms with Gasteiger partial charge in [-0.2, -0.15) is 0 Å². The van der Waals surface area contributed by atoms with Gasteiger partial charge >= 0.3 is 0 Å². The third-order valence-electron chi connectivity index (χ3n) is 5.22. The zero-order chi connectivity index (χ0) is 16.1. The average molecular weight is 316 g/mol. The lowest BCUT2D eigenvalue weighted by atomic mass is 10.0. The number of anilines is 1. The molecule has 0 spiro atoms. The molecule has 1 aliphatic heterocycles. The van der Waals surface area contributed by atoms with Gasteiger partial charge in [0.25, 0.3) is 5.91 Å². The van der Waals surface area contributed by atoms with E-state index in [0.717, 1.165) is 38.2 Å². The minimum absolute atomic E-state index is 0.0229. The number of rotatable bonds is 4. The standard InChI is InChI=1S/C18H28N4O/c19-12-14-6-5-7-16(14)21-18(23)15-8-9-17(20-13-15)22-10-3-1-2-4-11-22/h8-9,13-14,16H,1-7,10-12,19H2,(H,21,23). The van der Waals surface area contributed by atoms with Gasteiger partial charge in [-0.15, -0.1) is 0 Å². The van der Waals surface area contributed by atoms with Crippen molar-refractivity contribution >= 4 is 11.7 Å². The van der Waals surface area contributed by atoms with Gasteiger partial charge in [0, 0.05) is 25.3 Å². The van der Waals surface area contributed by atoms with Crippen LogP contribution in [0.2, 0.25) is 0 Å². The summed E-state index contributed by atoms with van der Waals surface area (Å²) in [6.07, 6.45) is 10.1. The van der Waals surface area contributed by atoms with E-state index in [2.05, 4.69) is 15.2 Å². The van der Waals surface area contributed by atoms with Crippen LogP contribution >= 0.6 is 0 Å². The predicted octanol–water partition coefficient (Wildman–Crippen LogP) is 2.32. The van der Waals surface area contributed by atoms with Crippen molar-refractivity contribution < 1.29 is 4.79 Å². The van der Waals surface area contributed by atoms with Crippen molar-refractivity contribution in [1.29, 1.82) is 0 Å². The van der Waals surface area contributed by atoms with Gasteiger partial charge in [0.2, 0.25) is 0 Å². The number of hydrogen-bond acceptors (Lipinski definition) is 4. The smallest absolute Gasteiger partial charge is 0.253 e. The summed E-state index contributed by atoms with van der Waals surface area (Å²) in [6, 6.07) is 4.10.